The van der Waals surface area contributed by atoms with E-state index in [2.05, 4.69) is 53.4 Å². The van der Waals surface area contributed by atoms with Crippen molar-refractivity contribution in [3.8, 4) is 0 Å². The van der Waals surface area contributed by atoms with E-state index in [0.717, 1.165) is 19.6 Å². The molecule has 0 saturated carbocycles. The molecule has 0 aliphatic heterocycles. The van der Waals surface area contributed by atoms with E-state index < -0.39 is 0 Å². The number of benzene rings is 2. The Kier molecular flexibility index (Phi) is 6.78. The van der Waals surface area contributed by atoms with Crippen LogP contribution in [0.15, 0.2) is 60.7 Å². The summed E-state index contributed by atoms with van der Waals surface area (Å²) in [7, 11) is 0. The van der Waals surface area contributed by atoms with Crippen LogP contribution >= 0.6 is 0 Å². The van der Waals surface area contributed by atoms with Gasteiger partial charge in [-0.1, -0.05) is 60.7 Å². The van der Waals surface area contributed by atoms with Gasteiger partial charge < -0.3 is 10.5 Å². The molecular weight excluding hydrogens is 286 g/mol. The zero-order valence-electron chi connectivity index (χ0n) is 13.6. The number of nitrogens with one attached hydrogen (secondary N) is 1. The van der Waals surface area contributed by atoms with Crippen molar-refractivity contribution in [3.05, 3.63) is 71.8 Å². The molecule has 0 amide bonds. The molecule has 3 N–H and O–H groups in total. The molecule has 4 nitrogen and oxygen atoms in total. The Balaban J connectivity index is 1.95. The lowest BCUT2D eigenvalue weighted by molar-refractivity contribution is 0.0789. The summed E-state index contributed by atoms with van der Waals surface area (Å²) in [5, 5.41) is 7.38. The molecule has 2 aromatic carbocycles. The van der Waals surface area contributed by atoms with E-state index in [-0.39, 0.29) is 11.9 Å². The molecule has 0 saturated heterocycles. The molecule has 0 aliphatic rings. The molecule has 0 aromatic heterocycles. The van der Waals surface area contributed by atoms with Gasteiger partial charge >= 0.3 is 0 Å². The highest BCUT2D eigenvalue weighted by Gasteiger charge is 2.10. The molecule has 0 aliphatic carbocycles. The minimum absolute atomic E-state index is 0.0719. The Morgan fingerprint density at radius 1 is 1.00 bits per heavy atom. The first-order valence-electron chi connectivity index (χ1n) is 7.91. The smallest absolute Gasteiger partial charge is 0.120 e. The minimum Gasteiger partial charge on any atom is -0.385 e. The zero-order valence-corrected chi connectivity index (χ0v) is 13.6. The van der Waals surface area contributed by atoms with Crippen molar-refractivity contribution in [2.75, 3.05) is 13.2 Å². The van der Waals surface area contributed by atoms with E-state index in [1.807, 2.05) is 12.1 Å². The molecule has 23 heavy (non-hydrogen) atoms. The second-order valence-electron chi connectivity index (χ2n) is 5.65. The lowest BCUT2D eigenvalue weighted by atomic mass is 10.1. The molecular formula is C19H25N3O. The summed E-state index contributed by atoms with van der Waals surface area (Å²) in [5.41, 5.74) is 8.01. The fourth-order valence-corrected chi connectivity index (χ4v) is 2.35. The van der Waals surface area contributed by atoms with Crippen molar-refractivity contribution >= 4 is 5.84 Å². The van der Waals surface area contributed by atoms with E-state index in [9.17, 15) is 0 Å². The maximum Gasteiger partial charge on any atom is 0.120 e. The third-order valence-corrected chi connectivity index (χ3v) is 3.71. The first kappa shape index (κ1) is 17.2. The number of hydrogen-bond donors (Lipinski definition) is 2. The first-order valence-corrected chi connectivity index (χ1v) is 7.91. The van der Waals surface area contributed by atoms with Crippen molar-refractivity contribution in [1.29, 1.82) is 5.41 Å². The quantitative estimate of drug-likeness (QED) is 0.553. The number of hydrogen-bond acceptors (Lipinski definition) is 3. The van der Waals surface area contributed by atoms with Gasteiger partial charge in [0.2, 0.25) is 0 Å². The van der Waals surface area contributed by atoms with Gasteiger partial charge in [0.05, 0.1) is 6.61 Å². The van der Waals surface area contributed by atoms with Crippen LogP contribution < -0.4 is 5.73 Å². The van der Waals surface area contributed by atoms with Gasteiger partial charge in [0, 0.05) is 19.6 Å². The molecule has 1 unspecified atom stereocenters. The first-order chi connectivity index (χ1) is 11.1. The summed E-state index contributed by atoms with van der Waals surface area (Å²) < 4.78 is 5.62. The van der Waals surface area contributed by atoms with Crippen molar-refractivity contribution in [2.24, 2.45) is 5.73 Å². The highest BCUT2D eigenvalue weighted by atomic mass is 16.5. The zero-order chi connectivity index (χ0) is 16.5. The maximum atomic E-state index is 7.38. The van der Waals surface area contributed by atoms with Gasteiger partial charge in [0.1, 0.15) is 11.9 Å². The normalized spacial score (nSPS) is 12.3. The summed E-state index contributed by atoms with van der Waals surface area (Å²) in [4.78, 5) is 2.34. The van der Waals surface area contributed by atoms with Gasteiger partial charge in [-0.15, -0.1) is 0 Å². The van der Waals surface area contributed by atoms with Gasteiger partial charge in [0.25, 0.3) is 0 Å². The van der Waals surface area contributed by atoms with Crippen molar-refractivity contribution < 1.29 is 4.74 Å². The van der Waals surface area contributed by atoms with Crippen LogP contribution in [0.3, 0.4) is 0 Å². The number of rotatable bonds is 9. The molecule has 0 fully saturated rings. The summed E-state index contributed by atoms with van der Waals surface area (Å²) in [5.74, 6) is 0.0719. The van der Waals surface area contributed by atoms with Gasteiger partial charge in [0.15, 0.2) is 0 Å². The summed E-state index contributed by atoms with van der Waals surface area (Å²) in [6.07, 6.45) is -0.328. The second kappa shape index (κ2) is 9.08. The van der Waals surface area contributed by atoms with Crippen molar-refractivity contribution in [1.82, 2.24) is 4.90 Å². The maximum absolute atomic E-state index is 7.38. The van der Waals surface area contributed by atoms with E-state index in [1.54, 1.807) is 6.92 Å². The summed E-state index contributed by atoms with van der Waals surface area (Å²) in [6, 6.07) is 20.8. The summed E-state index contributed by atoms with van der Waals surface area (Å²) >= 11 is 0. The minimum atomic E-state index is -0.328. The third-order valence-electron chi connectivity index (χ3n) is 3.71. The Bertz CT molecular complexity index is 545. The predicted molar refractivity (Wildman–Crippen MR) is 94.3 cm³/mol. The number of ether oxygens (including phenoxy) is 1. The molecule has 2 aromatic rings. The van der Waals surface area contributed by atoms with Crippen LogP contribution in [0.1, 0.15) is 18.1 Å². The third kappa shape index (κ3) is 6.22. The van der Waals surface area contributed by atoms with Gasteiger partial charge in [-0.05, 0) is 18.1 Å². The van der Waals surface area contributed by atoms with E-state index >= 15 is 0 Å². The summed E-state index contributed by atoms with van der Waals surface area (Å²) in [6.45, 7) is 4.89. The monoisotopic (exact) mass is 311 g/mol. The highest BCUT2D eigenvalue weighted by Crippen LogP contribution is 2.10. The van der Waals surface area contributed by atoms with Crippen LogP contribution in [-0.4, -0.2) is 30.0 Å². The number of nitrogens with zero attached hydrogens (tertiary/aromatic N) is 1. The molecule has 2 rings (SSSR count). The molecule has 0 spiro atoms. The molecule has 0 radical (unpaired) electrons. The topological polar surface area (TPSA) is 62.3 Å². The Hall–Kier alpha value is -2.17. The van der Waals surface area contributed by atoms with E-state index in [4.69, 9.17) is 15.9 Å². The molecule has 1 atom stereocenters. The van der Waals surface area contributed by atoms with Crippen molar-refractivity contribution in [2.45, 2.75) is 26.1 Å². The van der Waals surface area contributed by atoms with E-state index in [0.29, 0.717) is 6.61 Å². The molecule has 0 bridgehead atoms. The lowest BCUT2D eigenvalue weighted by Crippen LogP contribution is -2.32. The van der Waals surface area contributed by atoms with Gasteiger partial charge in [-0.3, -0.25) is 10.3 Å². The molecule has 122 valence electrons. The lowest BCUT2D eigenvalue weighted by Gasteiger charge is -2.23. The van der Waals surface area contributed by atoms with Crippen LogP contribution in [0.5, 0.6) is 0 Å². The molecule has 0 heterocycles. The standard InChI is InChI=1S/C19H25N3O/c1-16(19(20)21)23-13-12-22(14-17-8-4-2-5-9-17)15-18-10-6-3-7-11-18/h2-11,16H,12-15H2,1H3,(H3,20,21). The predicted octanol–water partition coefficient (Wildman–Crippen LogP) is 3.03. The SMILES string of the molecule is CC(OCCN(Cc1ccccc1)Cc1ccccc1)C(=N)N. The Morgan fingerprint density at radius 2 is 1.48 bits per heavy atom. The highest BCUT2D eigenvalue weighted by molar-refractivity contribution is 5.81. The largest absolute Gasteiger partial charge is 0.385 e. The van der Waals surface area contributed by atoms with Gasteiger partial charge in [-0.25, -0.2) is 0 Å². The van der Waals surface area contributed by atoms with Crippen molar-refractivity contribution in [3.63, 3.8) is 0 Å². The fourth-order valence-electron chi connectivity index (χ4n) is 2.35. The second-order valence-corrected chi connectivity index (χ2v) is 5.65. The van der Waals surface area contributed by atoms with Crippen LogP contribution in [-0.2, 0) is 17.8 Å². The Labute approximate surface area is 138 Å². The average molecular weight is 311 g/mol. The Morgan fingerprint density at radius 3 is 1.91 bits per heavy atom. The van der Waals surface area contributed by atoms with Crippen LogP contribution in [0, 0.1) is 5.41 Å². The average Bonchev–Trinajstić information content (AvgIpc) is 2.56. The number of amidine groups is 1. The van der Waals surface area contributed by atoms with Crippen LogP contribution in [0.2, 0.25) is 0 Å². The van der Waals surface area contributed by atoms with Crippen LogP contribution in [0.4, 0.5) is 0 Å². The van der Waals surface area contributed by atoms with E-state index in [1.165, 1.54) is 11.1 Å². The van der Waals surface area contributed by atoms with Crippen LogP contribution in [0.25, 0.3) is 0 Å². The molecule has 4 heteroatoms. The van der Waals surface area contributed by atoms with Gasteiger partial charge in [-0.2, -0.15) is 0 Å². The number of nitrogens with two attached hydrogens (primary N) is 1. The fraction of sp³-hybridized carbons (Fsp3) is 0.316.